The van der Waals surface area contributed by atoms with Gasteiger partial charge >= 0.3 is 6.18 Å². The Balaban J connectivity index is 1.74. The molecule has 3 aromatic carbocycles. The van der Waals surface area contributed by atoms with Gasteiger partial charge in [0.1, 0.15) is 0 Å². The summed E-state index contributed by atoms with van der Waals surface area (Å²) >= 11 is 0. The van der Waals surface area contributed by atoms with E-state index in [4.69, 9.17) is 11.5 Å². The molecular weight excluding hydrogens is 375 g/mol. The minimum atomic E-state index is -4.36. The van der Waals surface area contributed by atoms with E-state index < -0.39 is 11.7 Å². The van der Waals surface area contributed by atoms with Gasteiger partial charge in [0.15, 0.2) is 0 Å². The summed E-state index contributed by atoms with van der Waals surface area (Å²) in [5, 5.41) is 0. The van der Waals surface area contributed by atoms with Crippen LogP contribution in [0.25, 0.3) is 0 Å². The average molecular weight is 395 g/mol. The van der Waals surface area contributed by atoms with E-state index in [0.717, 1.165) is 41.8 Å². The van der Waals surface area contributed by atoms with Crippen LogP contribution in [0.3, 0.4) is 0 Å². The van der Waals surface area contributed by atoms with Crippen LogP contribution in [0.2, 0.25) is 0 Å². The Labute approximate surface area is 167 Å². The molecular formula is C23H20F3N3. The van der Waals surface area contributed by atoms with Crippen molar-refractivity contribution in [3.8, 4) is 0 Å². The highest BCUT2D eigenvalue weighted by molar-refractivity contribution is 5.55. The highest BCUT2D eigenvalue weighted by atomic mass is 19.4. The lowest BCUT2D eigenvalue weighted by Gasteiger charge is -2.33. The van der Waals surface area contributed by atoms with E-state index in [2.05, 4.69) is 4.90 Å². The van der Waals surface area contributed by atoms with Gasteiger partial charge in [-0.3, -0.25) is 0 Å². The molecule has 0 bridgehead atoms. The van der Waals surface area contributed by atoms with Crippen LogP contribution >= 0.6 is 0 Å². The maximum absolute atomic E-state index is 13.0. The molecule has 1 fully saturated rings. The smallest absolute Gasteiger partial charge is 0.357 e. The molecule has 1 saturated heterocycles. The Kier molecular flexibility index (Phi) is 4.86. The van der Waals surface area contributed by atoms with E-state index in [1.165, 1.54) is 12.1 Å². The summed E-state index contributed by atoms with van der Waals surface area (Å²) < 4.78 is 39.0. The second-order valence-electron chi connectivity index (χ2n) is 7.30. The van der Waals surface area contributed by atoms with Crippen LogP contribution in [-0.2, 0) is 6.18 Å². The van der Waals surface area contributed by atoms with Crippen LogP contribution in [-0.4, -0.2) is 0 Å². The van der Waals surface area contributed by atoms with Crippen LogP contribution in [0, 0.1) is 0 Å². The second-order valence-corrected chi connectivity index (χ2v) is 7.30. The average Bonchev–Trinajstić information content (AvgIpc) is 3.13. The topological polar surface area (TPSA) is 50.8 Å². The van der Waals surface area contributed by atoms with Crippen molar-refractivity contribution >= 4 is 17.1 Å². The second kappa shape index (κ2) is 7.35. The maximum atomic E-state index is 13.0. The Hall–Kier alpha value is -3.15. The third kappa shape index (κ3) is 3.88. The summed E-state index contributed by atoms with van der Waals surface area (Å²) in [6, 6.07) is 20.0. The Morgan fingerprint density at radius 3 is 1.45 bits per heavy atom. The van der Waals surface area contributed by atoms with E-state index in [-0.39, 0.29) is 12.1 Å². The Bertz CT molecular complexity index is 911. The first-order valence-electron chi connectivity index (χ1n) is 9.41. The molecule has 1 heterocycles. The molecule has 4 rings (SSSR count). The molecule has 148 valence electrons. The van der Waals surface area contributed by atoms with Crippen molar-refractivity contribution in [3.05, 3.63) is 89.5 Å². The monoisotopic (exact) mass is 395 g/mol. The molecule has 1 aliphatic rings. The fourth-order valence-electron chi connectivity index (χ4n) is 4.06. The van der Waals surface area contributed by atoms with Gasteiger partial charge in [-0.05, 0) is 72.5 Å². The molecule has 3 aromatic rings. The van der Waals surface area contributed by atoms with Gasteiger partial charge in [0.25, 0.3) is 0 Å². The molecule has 0 saturated carbocycles. The number of nitrogens with one attached hydrogen (secondary N) is 2. The van der Waals surface area contributed by atoms with Gasteiger partial charge in [-0.15, -0.1) is 0 Å². The van der Waals surface area contributed by atoms with Crippen LogP contribution in [0.15, 0.2) is 72.8 Å². The predicted molar refractivity (Wildman–Crippen MR) is 107 cm³/mol. The zero-order valence-corrected chi connectivity index (χ0v) is 15.6. The summed E-state index contributed by atoms with van der Waals surface area (Å²) in [5.74, 6) is 0. The molecule has 2 N–H and O–H groups in total. The van der Waals surface area contributed by atoms with E-state index in [9.17, 15) is 13.2 Å². The predicted octanol–water partition coefficient (Wildman–Crippen LogP) is 6.62. The van der Waals surface area contributed by atoms with Crippen molar-refractivity contribution < 1.29 is 13.2 Å². The third-order valence-corrected chi connectivity index (χ3v) is 5.47. The Morgan fingerprint density at radius 1 is 0.655 bits per heavy atom. The first kappa shape index (κ1) is 19.2. The number of hydrogen-bond donors (Lipinski definition) is 0. The van der Waals surface area contributed by atoms with Crippen molar-refractivity contribution in [1.82, 2.24) is 11.5 Å². The number of benzene rings is 3. The lowest BCUT2D eigenvalue weighted by molar-refractivity contribution is -0.137. The van der Waals surface area contributed by atoms with Gasteiger partial charge in [-0.25, -0.2) is 0 Å². The SMILES string of the molecule is [NH]c1ccc([C@@H]2CC[C@@H](c3ccc([NH])cc3)N2c2ccc(C(F)(F)F)cc2)cc1. The highest BCUT2D eigenvalue weighted by Gasteiger charge is 2.36. The van der Waals surface area contributed by atoms with Gasteiger partial charge in [-0.1, -0.05) is 24.3 Å². The van der Waals surface area contributed by atoms with Gasteiger partial charge in [0, 0.05) is 5.69 Å². The van der Waals surface area contributed by atoms with Gasteiger partial charge < -0.3 is 16.4 Å². The molecule has 6 heteroatoms. The van der Waals surface area contributed by atoms with Crippen LogP contribution in [0.1, 0.15) is 41.6 Å². The molecule has 2 atom stereocenters. The maximum Gasteiger partial charge on any atom is 0.416 e. The van der Waals surface area contributed by atoms with Gasteiger partial charge in [-0.2, -0.15) is 13.2 Å². The number of halogens is 3. The zero-order chi connectivity index (χ0) is 20.6. The zero-order valence-electron chi connectivity index (χ0n) is 15.6. The molecule has 0 spiro atoms. The first-order valence-corrected chi connectivity index (χ1v) is 9.41. The summed E-state index contributed by atoms with van der Waals surface area (Å²) in [7, 11) is 0. The summed E-state index contributed by atoms with van der Waals surface area (Å²) in [6.45, 7) is 0. The van der Waals surface area contributed by atoms with Crippen LogP contribution < -0.4 is 16.4 Å². The van der Waals surface area contributed by atoms with Crippen molar-refractivity contribution in [2.24, 2.45) is 0 Å². The number of nitrogens with zero attached hydrogens (tertiary/aromatic N) is 1. The van der Waals surface area contributed by atoms with Crippen LogP contribution in [0.5, 0.6) is 0 Å². The van der Waals surface area contributed by atoms with Crippen molar-refractivity contribution in [2.45, 2.75) is 31.1 Å². The Morgan fingerprint density at radius 2 is 1.07 bits per heavy atom. The minimum Gasteiger partial charge on any atom is -0.357 e. The summed E-state index contributed by atoms with van der Waals surface area (Å²) in [5.41, 5.74) is 18.4. The van der Waals surface area contributed by atoms with Gasteiger partial charge in [0.2, 0.25) is 0 Å². The minimum absolute atomic E-state index is 0.00742. The third-order valence-electron chi connectivity index (χ3n) is 5.47. The number of rotatable bonds is 3. The first-order chi connectivity index (χ1) is 13.8. The van der Waals surface area contributed by atoms with E-state index in [1.807, 2.05) is 24.3 Å². The van der Waals surface area contributed by atoms with Crippen molar-refractivity contribution in [3.63, 3.8) is 0 Å². The molecule has 1 aliphatic heterocycles. The normalized spacial score (nSPS) is 19.5. The van der Waals surface area contributed by atoms with E-state index in [1.54, 1.807) is 24.3 Å². The molecule has 0 aliphatic carbocycles. The van der Waals surface area contributed by atoms with Crippen LogP contribution in [0.4, 0.5) is 30.2 Å². The van der Waals surface area contributed by atoms with E-state index >= 15 is 0 Å². The number of alkyl halides is 3. The fourth-order valence-corrected chi connectivity index (χ4v) is 4.06. The summed E-state index contributed by atoms with van der Waals surface area (Å²) in [4.78, 5) is 2.16. The molecule has 0 amide bonds. The molecule has 29 heavy (non-hydrogen) atoms. The summed E-state index contributed by atoms with van der Waals surface area (Å²) in [6.07, 6.45) is -2.66. The molecule has 0 unspecified atom stereocenters. The quantitative estimate of drug-likeness (QED) is 0.492. The lowest BCUT2D eigenvalue weighted by Crippen LogP contribution is -2.26. The number of hydrogen-bond acceptors (Lipinski definition) is 1. The van der Waals surface area contributed by atoms with Gasteiger partial charge in [0.05, 0.1) is 29.0 Å². The molecule has 3 nitrogen and oxygen atoms in total. The largest absolute Gasteiger partial charge is 0.416 e. The molecule has 0 aromatic heterocycles. The van der Waals surface area contributed by atoms with Crippen molar-refractivity contribution in [2.75, 3.05) is 4.90 Å². The molecule has 2 radical (unpaired) electrons. The standard InChI is InChI=1S/C23H20F3N3/c24-23(25,26)17-5-11-20(12-6-17)29-21(15-1-7-18(27)8-2-15)13-14-22(29)16-3-9-19(28)10-4-16/h1-12,21-22,27-28H,13-14H2/t21-,22-/m0/s1. The highest BCUT2D eigenvalue weighted by Crippen LogP contribution is 2.47. The number of anilines is 1. The van der Waals surface area contributed by atoms with E-state index in [0.29, 0.717) is 11.4 Å². The van der Waals surface area contributed by atoms with Crippen molar-refractivity contribution in [1.29, 1.82) is 0 Å². The fraction of sp³-hybridized carbons (Fsp3) is 0.217. The lowest BCUT2D eigenvalue weighted by atomic mass is 10.0.